The molecule has 0 N–H and O–H groups in total. The lowest BCUT2D eigenvalue weighted by atomic mass is 9.89. The van der Waals surface area contributed by atoms with Gasteiger partial charge in [0, 0.05) is 43.1 Å². The normalized spacial score (nSPS) is 11.7. The molecule has 58 heavy (non-hydrogen) atoms. The van der Waals surface area contributed by atoms with Crippen molar-refractivity contribution in [3.8, 4) is 44.5 Å². The molecule has 0 aliphatic carbocycles. The lowest BCUT2D eigenvalue weighted by Crippen LogP contribution is -2.15. The summed E-state index contributed by atoms with van der Waals surface area (Å²) in [6, 6.07) is 52.5. The summed E-state index contributed by atoms with van der Waals surface area (Å²) in [7, 11) is 0. The highest BCUT2D eigenvalue weighted by molar-refractivity contribution is 6.14. The highest BCUT2D eigenvalue weighted by atomic mass is 16.1. The molecule has 0 fully saturated rings. The summed E-state index contributed by atoms with van der Waals surface area (Å²) in [5.41, 5.74) is 6.42. The molecule has 1 heterocycles. The van der Waals surface area contributed by atoms with Gasteiger partial charge in [-0.15, -0.1) is 0 Å². The minimum absolute atomic E-state index is 0.236. The second-order valence-corrected chi connectivity index (χ2v) is 14.6. The SMILES string of the molecule is O=c1c2cc3nc4cc5c(=O)c6c(-c7ccccc7)ccc(-c7ccccc7)c6c(=O)c5cc4nc3cc2c(=O)c2c(-c3ccccc3)ccc(-c3ccccc3)c12. The largest absolute Gasteiger partial charge is 0.289 e. The van der Waals surface area contributed by atoms with Crippen molar-refractivity contribution < 1.29 is 0 Å². The molecule has 0 saturated heterocycles. The van der Waals surface area contributed by atoms with Crippen molar-refractivity contribution in [2.24, 2.45) is 0 Å². The van der Waals surface area contributed by atoms with Crippen LogP contribution in [0.25, 0.3) is 110 Å². The molecule has 0 unspecified atom stereocenters. The van der Waals surface area contributed by atoms with Crippen molar-refractivity contribution in [1.82, 2.24) is 9.97 Å². The van der Waals surface area contributed by atoms with Crippen molar-refractivity contribution in [3.05, 3.63) is 211 Å². The lowest BCUT2D eigenvalue weighted by Gasteiger charge is -2.13. The van der Waals surface area contributed by atoms with Crippen LogP contribution in [-0.4, -0.2) is 9.97 Å². The molecule has 0 aliphatic rings. The van der Waals surface area contributed by atoms with E-state index in [1.54, 1.807) is 24.3 Å². The number of fused-ring (bicyclic) bond motifs is 6. The van der Waals surface area contributed by atoms with Gasteiger partial charge in [0.15, 0.2) is 21.7 Å². The zero-order valence-electron chi connectivity index (χ0n) is 30.7. The van der Waals surface area contributed by atoms with Gasteiger partial charge in [0.1, 0.15) is 0 Å². The number of nitrogens with zero attached hydrogens (tertiary/aromatic N) is 2. The zero-order chi connectivity index (χ0) is 39.1. The van der Waals surface area contributed by atoms with Crippen molar-refractivity contribution in [3.63, 3.8) is 0 Å². The van der Waals surface area contributed by atoms with Crippen LogP contribution in [0.3, 0.4) is 0 Å². The molecule has 1 aromatic heterocycles. The van der Waals surface area contributed by atoms with Crippen LogP contribution in [0.15, 0.2) is 189 Å². The maximum Gasteiger partial charge on any atom is 0.195 e. The first-order valence-corrected chi connectivity index (χ1v) is 19.0. The molecule has 10 aromatic carbocycles. The Morgan fingerprint density at radius 1 is 0.259 bits per heavy atom. The summed E-state index contributed by atoms with van der Waals surface area (Å²) >= 11 is 0. The van der Waals surface area contributed by atoms with Crippen LogP contribution in [0.1, 0.15) is 0 Å². The van der Waals surface area contributed by atoms with Crippen LogP contribution in [0.5, 0.6) is 0 Å². The summed E-state index contributed by atoms with van der Waals surface area (Å²) in [4.78, 5) is 68.7. The topological polar surface area (TPSA) is 94.1 Å². The van der Waals surface area contributed by atoms with E-state index in [-0.39, 0.29) is 43.3 Å². The van der Waals surface area contributed by atoms with Gasteiger partial charge in [-0.05, 0) is 68.8 Å². The Labute approximate surface area is 329 Å². The fourth-order valence-electron chi connectivity index (χ4n) is 8.64. The van der Waals surface area contributed by atoms with E-state index in [0.717, 1.165) is 22.3 Å². The smallest absolute Gasteiger partial charge is 0.195 e. The Morgan fingerprint density at radius 2 is 0.466 bits per heavy atom. The van der Waals surface area contributed by atoms with Gasteiger partial charge in [0.25, 0.3) is 0 Å². The monoisotopic (exact) mass is 744 g/mol. The molecule has 6 nitrogen and oxygen atoms in total. The summed E-state index contributed by atoms with van der Waals surface area (Å²) in [5.74, 6) is 0. The average molecular weight is 745 g/mol. The van der Waals surface area contributed by atoms with Gasteiger partial charge in [0.05, 0.1) is 22.1 Å². The number of hydrogen-bond acceptors (Lipinski definition) is 6. The standard InChI is InChI=1S/C52H28N2O4/c55-49-37-25-41-42(26-38(37)50(56)46-34(30-15-7-2-8-16-30)22-21-33(45(46)49)29-13-5-1-6-14-29)54-44-28-40-39(27-43(44)53-41)51(57)47-35(31-17-9-3-10-18-31)23-24-36(48(47)52(40)58)32-19-11-4-12-20-32/h1-28H. The molecule has 0 aliphatic heterocycles. The fourth-order valence-corrected chi connectivity index (χ4v) is 8.64. The van der Waals surface area contributed by atoms with E-state index in [2.05, 4.69) is 0 Å². The van der Waals surface area contributed by atoms with E-state index in [1.165, 1.54) is 0 Å². The maximum absolute atomic E-state index is 14.7. The van der Waals surface area contributed by atoms with E-state index >= 15 is 0 Å². The van der Waals surface area contributed by atoms with E-state index in [4.69, 9.17) is 9.97 Å². The molecule has 0 radical (unpaired) electrons. The van der Waals surface area contributed by atoms with Crippen molar-refractivity contribution in [2.75, 3.05) is 0 Å². The third-order valence-corrected chi connectivity index (χ3v) is 11.3. The Bertz CT molecular complexity index is 3240. The third-order valence-electron chi connectivity index (χ3n) is 11.3. The highest BCUT2D eigenvalue weighted by Gasteiger charge is 2.22. The summed E-state index contributed by atoms with van der Waals surface area (Å²) in [5, 5.41) is 2.33. The molecule has 0 spiro atoms. The Hall–Kier alpha value is -7.96. The molecule has 0 amide bonds. The van der Waals surface area contributed by atoms with Gasteiger partial charge >= 0.3 is 0 Å². The molecule has 270 valence electrons. The average Bonchev–Trinajstić information content (AvgIpc) is 3.28. The van der Waals surface area contributed by atoms with E-state index in [1.807, 2.05) is 146 Å². The van der Waals surface area contributed by atoms with Gasteiger partial charge in [-0.1, -0.05) is 146 Å². The molecule has 0 atom stereocenters. The molecule has 0 bridgehead atoms. The quantitative estimate of drug-likeness (QED) is 0.167. The Morgan fingerprint density at radius 3 is 0.672 bits per heavy atom. The van der Waals surface area contributed by atoms with Crippen molar-refractivity contribution >= 4 is 65.2 Å². The van der Waals surface area contributed by atoms with E-state index in [9.17, 15) is 19.2 Å². The first-order chi connectivity index (χ1) is 28.4. The third kappa shape index (κ3) is 4.98. The minimum Gasteiger partial charge on any atom is -0.289 e. The second-order valence-electron chi connectivity index (χ2n) is 14.6. The molecule has 6 heteroatoms. The van der Waals surface area contributed by atoms with E-state index < -0.39 is 0 Å². The first kappa shape index (κ1) is 33.4. The zero-order valence-corrected chi connectivity index (χ0v) is 30.7. The van der Waals surface area contributed by atoms with Crippen LogP contribution < -0.4 is 21.7 Å². The Balaban J connectivity index is 1.22. The first-order valence-electron chi connectivity index (χ1n) is 19.0. The predicted molar refractivity (Wildman–Crippen MR) is 236 cm³/mol. The van der Waals surface area contributed by atoms with Crippen molar-refractivity contribution in [1.29, 1.82) is 0 Å². The number of aromatic nitrogens is 2. The number of hydrogen-bond donors (Lipinski definition) is 0. The van der Waals surface area contributed by atoms with Gasteiger partial charge in [0.2, 0.25) is 0 Å². The van der Waals surface area contributed by atoms with Crippen LogP contribution in [-0.2, 0) is 0 Å². The van der Waals surface area contributed by atoms with Gasteiger partial charge in [-0.25, -0.2) is 9.97 Å². The van der Waals surface area contributed by atoms with E-state index in [0.29, 0.717) is 65.9 Å². The fraction of sp³-hybridized carbons (Fsp3) is 0. The predicted octanol–water partition coefficient (Wildman–Crippen LogP) is 10.4. The molecular weight excluding hydrogens is 717 g/mol. The second kappa shape index (κ2) is 12.8. The van der Waals surface area contributed by atoms with Gasteiger partial charge in [-0.2, -0.15) is 0 Å². The maximum atomic E-state index is 14.7. The lowest BCUT2D eigenvalue weighted by molar-refractivity contribution is 1.41. The highest BCUT2D eigenvalue weighted by Crippen LogP contribution is 2.36. The van der Waals surface area contributed by atoms with Crippen LogP contribution in [0.4, 0.5) is 0 Å². The summed E-state index contributed by atoms with van der Waals surface area (Å²) in [6.45, 7) is 0. The van der Waals surface area contributed by atoms with Gasteiger partial charge in [-0.3, -0.25) is 19.2 Å². The van der Waals surface area contributed by atoms with Crippen molar-refractivity contribution in [2.45, 2.75) is 0 Å². The molecule has 0 saturated carbocycles. The van der Waals surface area contributed by atoms with Gasteiger partial charge < -0.3 is 0 Å². The number of benzene rings is 10. The Kier molecular flexibility index (Phi) is 7.37. The summed E-state index contributed by atoms with van der Waals surface area (Å²) < 4.78 is 0. The molecular formula is C52H28N2O4. The molecule has 11 rings (SSSR count). The van der Waals surface area contributed by atoms with Crippen LogP contribution in [0.2, 0.25) is 0 Å². The summed E-state index contributed by atoms with van der Waals surface area (Å²) in [6.07, 6.45) is 0. The molecule has 11 aromatic rings. The minimum atomic E-state index is -0.282. The van der Waals surface area contributed by atoms with Crippen LogP contribution >= 0.6 is 0 Å². The number of rotatable bonds is 4. The van der Waals surface area contributed by atoms with Crippen LogP contribution in [0, 0.1) is 0 Å².